The van der Waals surface area contributed by atoms with Crippen LogP contribution in [0.3, 0.4) is 0 Å². The Bertz CT molecular complexity index is 445. The fourth-order valence-electron chi connectivity index (χ4n) is 2.15. The number of hydrogen-bond donors (Lipinski definition) is 1. The van der Waals surface area contributed by atoms with Crippen LogP contribution in [0.5, 0.6) is 0 Å². The van der Waals surface area contributed by atoms with Crippen LogP contribution in [0.25, 0.3) is 0 Å². The molecule has 0 aromatic heterocycles. The van der Waals surface area contributed by atoms with Crippen molar-refractivity contribution in [3.8, 4) is 0 Å². The molecule has 0 aliphatic heterocycles. The van der Waals surface area contributed by atoms with Gasteiger partial charge in [0.05, 0.1) is 11.5 Å². The zero-order valence-electron chi connectivity index (χ0n) is 11.7. The summed E-state index contributed by atoms with van der Waals surface area (Å²) in [7, 11) is 0. The van der Waals surface area contributed by atoms with E-state index in [2.05, 4.69) is 0 Å². The van der Waals surface area contributed by atoms with Crippen LogP contribution in [0.4, 0.5) is 0 Å². The van der Waals surface area contributed by atoms with Crippen LogP contribution in [-0.2, 0) is 9.53 Å². The Hall–Kier alpha value is -1.84. The van der Waals surface area contributed by atoms with Gasteiger partial charge in [0.2, 0.25) is 0 Å². The monoisotopic (exact) mass is 264 g/mol. The highest BCUT2D eigenvalue weighted by molar-refractivity contribution is 5.89. The van der Waals surface area contributed by atoms with E-state index in [0.29, 0.717) is 5.56 Å². The molecule has 1 rings (SSSR count). The maximum absolute atomic E-state index is 11.9. The third-order valence-corrected chi connectivity index (χ3v) is 2.97. The van der Waals surface area contributed by atoms with Gasteiger partial charge in [0.25, 0.3) is 0 Å². The van der Waals surface area contributed by atoms with Crippen molar-refractivity contribution in [2.75, 3.05) is 0 Å². The molecule has 2 unspecified atom stereocenters. The molecule has 1 aromatic carbocycles. The lowest BCUT2D eigenvalue weighted by Crippen LogP contribution is -2.39. The highest BCUT2D eigenvalue weighted by Crippen LogP contribution is 2.30. The summed E-state index contributed by atoms with van der Waals surface area (Å²) < 4.78 is 5.27. The van der Waals surface area contributed by atoms with Gasteiger partial charge in [-0.15, -0.1) is 0 Å². The first-order valence-electron chi connectivity index (χ1n) is 6.22. The average molecular weight is 264 g/mol. The van der Waals surface area contributed by atoms with E-state index < -0.39 is 29.4 Å². The number of carbonyl (C=O) groups excluding carboxylic acids is 1. The van der Waals surface area contributed by atoms with Crippen LogP contribution in [0, 0.1) is 11.3 Å². The van der Waals surface area contributed by atoms with Crippen LogP contribution in [0.1, 0.15) is 38.1 Å². The zero-order valence-corrected chi connectivity index (χ0v) is 11.7. The molecule has 0 radical (unpaired) electrons. The Morgan fingerprint density at radius 2 is 1.68 bits per heavy atom. The molecule has 0 spiro atoms. The Morgan fingerprint density at radius 1 is 1.16 bits per heavy atom. The van der Waals surface area contributed by atoms with Crippen LogP contribution in [0.2, 0.25) is 0 Å². The van der Waals surface area contributed by atoms with E-state index in [1.54, 1.807) is 37.3 Å². The standard InChI is InChI=1S/C15H20O4/c1-10(12(13(16)17)15(2,3)4)19-14(18)11-8-6-5-7-9-11/h5-10,12H,1-4H3,(H,16,17). The molecule has 104 valence electrons. The summed E-state index contributed by atoms with van der Waals surface area (Å²) >= 11 is 0. The molecule has 0 bridgehead atoms. The number of carbonyl (C=O) groups is 2. The molecule has 0 heterocycles. The van der Waals surface area contributed by atoms with Crippen molar-refractivity contribution in [1.82, 2.24) is 0 Å². The van der Waals surface area contributed by atoms with E-state index in [-0.39, 0.29) is 0 Å². The fraction of sp³-hybridized carbons (Fsp3) is 0.467. The van der Waals surface area contributed by atoms with Crippen molar-refractivity contribution in [2.45, 2.75) is 33.8 Å². The number of carboxylic acids is 1. The minimum atomic E-state index is -0.958. The molecular formula is C15H20O4. The summed E-state index contributed by atoms with van der Waals surface area (Å²) in [6.45, 7) is 7.07. The fourth-order valence-corrected chi connectivity index (χ4v) is 2.15. The summed E-state index contributed by atoms with van der Waals surface area (Å²) in [6, 6.07) is 8.55. The van der Waals surface area contributed by atoms with Gasteiger partial charge in [-0.25, -0.2) is 4.79 Å². The van der Waals surface area contributed by atoms with E-state index in [1.165, 1.54) is 0 Å². The number of rotatable bonds is 4. The SMILES string of the molecule is CC(OC(=O)c1ccccc1)C(C(=O)O)C(C)(C)C. The second-order valence-electron chi connectivity index (χ2n) is 5.66. The first-order valence-corrected chi connectivity index (χ1v) is 6.22. The van der Waals surface area contributed by atoms with Gasteiger partial charge in [-0.1, -0.05) is 39.0 Å². The lowest BCUT2D eigenvalue weighted by atomic mass is 9.78. The molecule has 2 atom stereocenters. The van der Waals surface area contributed by atoms with Crippen molar-refractivity contribution < 1.29 is 19.4 Å². The number of hydrogen-bond acceptors (Lipinski definition) is 3. The highest BCUT2D eigenvalue weighted by atomic mass is 16.5. The molecule has 0 fully saturated rings. The third-order valence-electron chi connectivity index (χ3n) is 2.97. The van der Waals surface area contributed by atoms with Crippen LogP contribution >= 0.6 is 0 Å². The van der Waals surface area contributed by atoms with Crippen LogP contribution in [0.15, 0.2) is 30.3 Å². The number of aliphatic carboxylic acids is 1. The Balaban J connectivity index is 2.81. The molecule has 0 amide bonds. The molecule has 0 aliphatic carbocycles. The summed E-state index contributed by atoms with van der Waals surface area (Å²) in [4.78, 5) is 23.2. The first kappa shape index (κ1) is 15.2. The maximum Gasteiger partial charge on any atom is 0.338 e. The molecule has 1 N–H and O–H groups in total. The second kappa shape index (κ2) is 5.87. The Morgan fingerprint density at radius 3 is 2.11 bits per heavy atom. The number of carboxylic acid groups (broad SMARTS) is 1. The molecule has 0 saturated heterocycles. The summed E-state index contributed by atoms with van der Waals surface area (Å²) in [5.41, 5.74) is -0.0604. The minimum absolute atomic E-state index is 0.424. The predicted octanol–water partition coefficient (Wildman–Crippen LogP) is 2.98. The van der Waals surface area contributed by atoms with E-state index in [9.17, 15) is 14.7 Å². The van der Waals surface area contributed by atoms with E-state index in [1.807, 2.05) is 20.8 Å². The van der Waals surface area contributed by atoms with E-state index in [0.717, 1.165) is 0 Å². The van der Waals surface area contributed by atoms with Gasteiger partial charge in [0, 0.05) is 0 Å². The summed E-state index contributed by atoms with van der Waals surface area (Å²) in [5, 5.41) is 9.27. The Labute approximate surface area is 113 Å². The summed E-state index contributed by atoms with van der Waals surface area (Å²) in [6.07, 6.45) is -0.690. The number of esters is 1. The number of benzene rings is 1. The van der Waals surface area contributed by atoms with Gasteiger partial charge in [-0.3, -0.25) is 4.79 Å². The normalized spacial score (nSPS) is 14.5. The highest BCUT2D eigenvalue weighted by Gasteiger charge is 2.38. The quantitative estimate of drug-likeness (QED) is 0.849. The largest absolute Gasteiger partial charge is 0.481 e. The van der Waals surface area contributed by atoms with E-state index >= 15 is 0 Å². The minimum Gasteiger partial charge on any atom is -0.481 e. The molecule has 4 nitrogen and oxygen atoms in total. The van der Waals surface area contributed by atoms with E-state index in [4.69, 9.17) is 4.74 Å². The Kier molecular flexibility index (Phi) is 4.70. The zero-order chi connectivity index (χ0) is 14.6. The predicted molar refractivity (Wildman–Crippen MR) is 71.9 cm³/mol. The van der Waals surface area contributed by atoms with Crippen molar-refractivity contribution in [3.05, 3.63) is 35.9 Å². The first-order chi connectivity index (χ1) is 8.73. The smallest absolute Gasteiger partial charge is 0.338 e. The van der Waals surface area contributed by atoms with Crippen molar-refractivity contribution in [2.24, 2.45) is 11.3 Å². The summed E-state index contributed by atoms with van der Waals surface area (Å²) in [5.74, 6) is -2.20. The molecule has 4 heteroatoms. The van der Waals surface area contributed by atoms with Gasteiger partial charge < -0.3 is 9.84 Å². The third kappa shape index (κ3) is 4.09. The van der Waals surface area contributed by atoms with Gasteiger partial charge >= 0.3 is 11.9 Å². The molecule has 0 aliphatic rings. The molecule has 0 saturated carbocycles. The van der Waals surface area contributed by atoms with Gasteiger partial charge in [-0.2, -0.15) is 0 Å². The maximum atomic E-state index is 11.9. The second-order valence-corrected chi connectivity index (χ2v) is 5.66. The molecule has 19 heavy (non-hydrogen) atoms. The van der Waals surface area contributed by atoms with Crippen LogP contribution in [-0.4, -0.2) is 23.1 Å². The van der Waals surface area contributed by atoms with Crippen molar-refractivity contribution in [3.63, 3.8) is 0 Å². The van der Waals surface area contributed by atoms with Gasteiger partial charge in [-0.05, 0) is 24.5 Å². The molecular weight excluding hydrogens is 244 g/mol. The van der Waals surface area contributed by atoms with Gasteiger partial charge in [0.1, 0.15) is 6.10 Å². The lowest BCUT2D eigenvalue weighted by Gasteiger charge is -2.31. The van der Waals surface area contributed by atoms with Gasteiger partial charge in [0.15, 0.2) is 0 Å². The topological polar surface area (TPSA) is 63.6 Å². The lowest BCUT2D eigenvalue weighted by molar-refractivity contribution is -0.150. The van der Waals surface area contributed by atoms with Crippen molar-refractivity contribution in [1.29, 1.82) is 0 Å². The molecule has 1 aromatic rings. The van der Waals surface area contributed by atoms with Crippen molar-refractivity contribution >= 4 is 11.9 Å². The average Bonchev–Trinajstić information content (AvgIpc) is 2.27. The van der Waals surface area contributed by atoms with Crippen LogP contribution < -0.4 is 0 Å². The number of ether oxygens (including phenoxy) is 1.